The predicted octanol–water partition coefficient (Wildman–Crippen LogP) is 0.728. The zero-order valence-corrected chi connectivity index (χ0v) is 6.41. The Morgan fingerprint density at radius 1 is 1.36 bits per heavy atom. The molecule has 0 bridgehead atoms. The third-order valence-electron chi connectivity index (χ3n) is 2.55. The smallest absolute Gasteiger partial charge is 0.177 e. The highest BCUT2D eigenvalue weighted by Crippen LogP contribution is 2.40. The second-order valence-corrected chi connectivity index (χ2v) is 3.14. The molecule has 0 aromatic rings. The largest absolute Gasteiger partial charge is 0.347 e. The van der Waals surface area contributed by atoms with Crippen LogP contribution >= 0.6 is 0 Å². The molecule has 1 saturated carbocycles. The minimum Gasteiger partial charge on any atom is -0.347 e. The Balaban J connectivity index is 2.15. The Hall–Kier alpha value is -0.410. The van der Waals surface area contributed by atoms with E-state index in [0.717, 1.165) is 25.5 Å². The highest BCUT2D eigenvalue weighted by Gasteiger charge is 2.47. The molecule has 0 amide bonds. The predicted molar refractivity (Wildman–Crippen MR) is 38.0 cm³/mol. The quantitative estimate of drug-likeness (QED) is 0.525. The van der Waals surface area contributed by atoms with E-state index >= 15 is 0 Å². The maximum atomic E-state index is 10.6. The maximum Gasteiger partial charge on any atom is 0.177 e. The van der Waals surface area contributed by atoms with Gasteiger partial charge in [-0.1, -0.05) is 0 Å². The van der Waals surface area contributed by atoms with Crippen molar-refractivity contribution in [3.63, 3.8) is 0 Å². The van der Waals surface area contributed by atoms with Crippen molar-refractivity contribution in [2.24, 2.45) is 5.92 Å². The van der Waals surface area contributed by atoms with Crippen LogP contribution in [0.4, 0.5) is 0 Å². The molecule has 3 heteroatoms. The molecule has 1 aliphatic heterocycles. The SMILES string of the molecule is O=C[C@H]1CCCC12OCCO2. The molecule has 1 heterocycles. The summed E-state index contributed by atoms with van der Waals surface area (Å²) in [5.74, 6) is -0.535. The van der Waals surface area contributed by atoms with E-state index in [4.69, 9.17) is 9.47 Å². The first-order valence-electron chi connectivity index (χ1n) is 4.11. The second kappa shape index (κ2) is 2.57. The molecule has 3 nitrogen and oxygen atoms in total. The van der Waals surface area contributed by atoms with Crippen molar-refractivity contribution >= 4 is 6.29 Å². The van der Waals surface area contributed by atoms with Gasteiger partial charge in [0.25, 0.3) is 0 Å². The van der Waals surface area contributed by atoms with Gasteiger partial charge < -0.3 is 14.3 Å². The van der Waals surface area contributed by atoms with Crippen LogP contribution in [-0.2, 0) is 14.3 Å². The molecular weight excluding hydrogens is 144 g/mol. The van der Waals surface area contributed by atoms with Gasteiger partial charge in [-0.25, -0.2) is 0 Å². The normalized spacial score (nSPS) is 34.7. The van der Waals surface area contributed by atoms with Gasteiger partial charge >= 0.3 is 0 Å². The first kappa shape index (κ1) is 7.25. The Bertz CT molecular complexity index is 155. The van der Waals surface area contributed by atoms with Crippen molar-refractivity contribution in [3.8, 4) is 0 Å². The van der Waals surface area contributed by atoms with E-state index in [1.807, 2.05) is 0 Å². The number of carbonyl (C=O) groups excluding carboxylic acids is 1. The summed E-state index contributed by atoms with van der Waals surface area (Å²) in [6.07, 6.45) is 3.82. The van der Waals surface area contributed by atoms with Gasteiger partial charge in [0.1, 0.15) is 6.29 Å². The molecule has 1 atom stereocenters. The number of hydrogen-bond donors (Lipinski definition) is 0. The van der Waals surface area contributed by atoms with Crippen LogP contribution in [0.2, 0.25) is 0 Å². The van der Waals surface area contributed by atoms with Crippen LogP contribution in [0.15, 0.2) is 0 Å². The molecule has 62 valence electrons. The van der Waals surface area contributed by atoms with Crippen LogP contribution in [0.1, 0.15) is 19.3 Å². The molecule has 1 saturated heterocycles. The summed E-state index contributed by atoms with van der Waals surface area (Å²) in [6, 6.07) is 0. The van der Waals surface area contributed by atoms with Crippen molar-refractivity contribution in [2.75, 3.05) is 13.2 Å². The summed E-state index contributed by atoms with van der Waals surface area (Å²) in [6.45, 7) is 1.29. The third-order valence-corrected chi connectivity index (χ3v) is 2.55. The average Bonchev–Trinajstić information content (AvgIpc) is 2.62. The van der Waals surface area contributed by atoms with Gasteiger partial charge in [0.15, 0.2) is 5.79 Å². The maximum absolute atomic E-state index is 10.6. The molecule has 1 aliphatic carbocycles. The van der Waals surface area contributed by atoms with Crippen molar-refractivity contribution in [3.05, 3.63) is 0 Å². The van der Waals surface area contributed by atoms with Gasteiger partial charge in [0.2, 0.25) is 0 Å². The number of carbonyl (C=O) groups is 1. The Morgan fingerprint density at radius 3 is 2.73 bits per heavy atom. The Labute approximate surface area is 65.7 Å². The van der Waals surface area contributed by atoms with Crippen molar-refractivity contribution in [2.45, 2.75) is 25.0 Å². The monoisotopic (exact) mass is 156 g/mol. The van der Waals surface area contributed by atoms with Gasteiger partial charge in [0.05, 0.1) is 19.1 Å². The Morgan fingerprint density at radius 2 is 2.09 bits per heavy atom. The molecule has 0 radical (unpaired) electrons. The molecule has 2 fully saturated rings. The minimum atomic E-state index is -0.512. The van der Waals surface area contributed by atoms with Gasteiger partial charge in [-0.3, -0.25) is 0 Å². The molecule has 0 N–H and O–H groups in total. The lowest BCUT2D eigenvalue weighted by Gasteiger charge is -2.25. The van der Waals surface area contributed by atoms with Crippen LogP contribution in [0, 0.1) is 5.92 Å². The van der Waals surface area contributed by atoms with Crippen LogP contribution < -0.4 is 0 Å². The van der Waals surface area contributed by atoms with E-state index in [1.54, 1.807) is 0 Å². The summed E-state index contributed by atoms with van der Waals surface area (Å²) in [4.78, 5) is 10.6. The van der Waals surface area contributed by atoms with Crippen LogP contribution in [0.3, 0.4) is 0 Å². The lowest BCUT2D eigenvalue weighted by molar-refractivity contribution is -0.179. The molecule has 11 heavy (non-hydrogen) atoms. The van der Waals surface area contributed by atoms with E-state index in [1.165, 1.54) is 0 Å². The summed E-state index contributed by atoms with van der Waals surface area (Å²) >= 11 is 0. The number of hydrogen-bond acceptors (Lipinski definition) is 3. The lowest BCUT2D eigenvalue weighted by atomic mass is 10.1. The summed E-state index contributed by atoms with van der Waals surface area (Å²) in [5.41, 5.74) is 0. The highest BCUT2D eigenvalue weighted by atomic mass is 16.7. The van der Waals surface area contributed by atoms with E-state index in [2.05, 4.69) is 0 Å². The van der Waals surface area contributed by atoms with E-state index in [0.29, 0.717) is 13.2 Å². The number of ether oxygens (including phenoxy) is 2. The fraction of sp³-hybridized carbons (Fsp3) is 0.875. The first-order chi connectivity index (χ1) is 5.37. The summed E-state index contributed by atoms with van der Waals surface area (Å²) in [7, 11) is 0. The van der Waals surface area contributed by atoms with Crippen molar-refractivity contribution in [1.29, 1.82) is 0 Å². The molecule has 0 aromatic heterocycles. The Kier molecular flexibility index (Phi) is 1.69. The number of aldehydes is 1. The van der Waals surface area contributed by atoms with Gasteiger partial charge in [-0.15, -0.1) is 0 Å². The first-order valence-corrected chi connectivity index (χ1v) is 4.11. The zero-order chi connectivity index (χ0) is 7.73. The van der Waals surface area contributed by atoms with Gasteiger partial charge in [-0.2, -0.15) is 0 Å². The zero-order valence-electron chi connectivity index (χ0n) is 6.41. The molecule has 0 unspecified atom stereocenters. The third kappa shape index (κ3) is 0.993. The van der Waals surface area contributed by atoms with Crippen molar-refractivity contribution in [1.82, 2.24) is 0 Å². The van der Waals surface area contributed by atoms with E-state index in [-0.39, 0.29) is 5.92 Å². The fourth-order valence-corrected chi connectivity index (χ4v) is 1.97. The molecule has 0 aromatic carbocycles. The standard InChI is InChI=1S/C8H12O3/c9-6-7-2-1-3-8(7)10-4-5-11-8/h6-7H,1-5H2/t7-/m1/s1. The van der Waals surface area contributed by atoms with E-state index < -0.39 is 5.79 Å². The average molecular weight is 156 g/mol. The summed E-state index contributed by atoms with van der Waals surface area (Å²) < 4.78 is 10.9. The van der Waals surface area contributed by atoms with E-state index in [9.17, 15) is 4.79 Å². The molecule has 2 aliphatic rings. The van der Waals surface area contributed by atoms with Gasteiger partial charge in [0, 0.05) is 6.42 Å². The fourth-order valence-electron chi connectivity index (χ4n) is 1.97. The second-order valence-electron chi connectivity index (χ2n) is 3.14. The highest BCUT2D eigenvalue weighted by molar-refractivity contribution is 5.56. The van der Waals surface area contributed by atoms with Crippen LogP contribution in [-0.4, -0.2) is 25.3 Å². The number of rotatable bonds is 1. The van der Waals surface area contributed by atoms with Crippen molar-refractivity contribution < 1.29 is 14.3 Å². The minimum absolute atomic E-state index is 0.0231. The van der Waals surface area contributed by atoms with Gasteiger partial charge in [-0.05, 0) is 12.8 Å². The molecular formula is C8H12O3. The molecule has 2 rings (SSSR count). The summed E-state index contributed by atoms with van der Waals surface area (Å²) in [5, 5.41) is 0. The topological polar surface area (TPSA) is 35.5 Å². The lowest BCUT2D eigenvalue weighted by Crippen LogP contribution is -2.35. The van der Waals surface area contributed by atoms with Crippen LogP contribution in [0.25, 0.3) is 0 Å². The van der Waals surface area contributed by atoms with Crippen LogP contribution in [0.5, 0.6) is 0 Å². The molecule has 1 spiro atoms.